The molecule has 0 aliphatic rings. The molecule has 0 unspecified atom stereocenters. The maximum atomic E-state index is 12.4. The van der Waals surface area contributed by atoms with Crippen molar-refractivity contribution in [3.8, 4) is 11.5 Å². The molecule has 1 N–H and O–H groups in total. The van der Waals surface area contributed by atoms with Crippen molar-refractivity contribution in [1.82, 2.24) is 14.8 Å². The van der Waals surface area contributed by atoms with Gasteiger partial charge in [0.25, 0.3) is 0 Å². The smallest absolute Gasteiger partial charge is 0.234 e. The number of carbonyl (C=O) groups excluding carboxylic acids is 1. The lowest BCUT2D eigenvalue weighted by Gasteiger charge is -2.11. The van der Waals surface area contributed by atoms with E-state index in [0.717, 1.165) is 16.9 Å². The molecule has 9 heteroatoms. The maximum absolute atomic E-state index is 12.4. The van der Waals surface area contributed by atoms with Gasteiger partial charge in [0.05, 0.1) is 18.6 Å². The van der Waals surface area contributed by atoms with Crippen LogP contribution in [0.5, 0.6) is 11.5 Å². The van der Waals surface area contributed by atoms with Crippen LogP contribution in [-0.4, -0.2) is 33.5 Å². The lowest BCUT2D eigenvalue weighted by Crippen LogP contribution is -2.15. The first-order valence-corrected chi connectivity index (χ1v) is 11.1. The van der Waals surface area contributed by atoms with E-state index >= 15 is 0 Å². The van der Waals surface area contributed by atoms with E-state index in [-0.39, 0.29) is 11.7 Å². The van der Waals surface area contributed by atoms with Crippen LogP contribution in [0.1, 0.15) is 23.9 Å². The predicted octanol–water partition coefficient (Wildman–Crippen LogP) is 4.89. The number of rotatable bonds is 9. The second-order valence-corrected chi connectivity index (χ2v) is 8.32. The zero-order valence-electron chi connectivity index (χ0n) is 17.9. The fourth-order valence-corrected chi connectivity index (χ4v) is 4.10. The first-order chi connectivity index (χ1) is 14.9. The highest BCUT2D eigenvalue weighted by atomic mass is 35.5. The number of ether oxygens (including phenoxy) is 2. The number of amides is 1. The van der Waals surface area contributed by atoms with E-state index in [0.29, 0.717) is 40.6 Å². The molecule has 3 aromatic rings. The van der Waals surface area contributed by atoms with Gasteiger partial charge in [-0.2, -0.15) is 0 Å². The van der Waals surface area contributed by atoms with Gasteiger partial charge in [-0.1, -0.05) is 29.4 Å². The highest BCUT2D eigenvalue weighted by Gasteiger charge is 2.15. The van der Waals surface area contributed by atoms with Crippen molar-refractivity contribution in [2.24, 2.45) is 0 Å². The van der Waals surface area contributed by atoms with Gasteiger partial charge in [0.2, 0.25) is 5.91 Å². The average Bonchev–Trinajstić information content (AvgIpc) is 3.12. The van der Waals surface area contributed by atoms with Crippen LogP contribution in [0.3, 0.4) is 0 Å². The second kappa shape index (κ2) is 10.5. The normalized spacial score (nSPS) is 10.7. The van der Waals surface area contributed by atoms with E-state index in [1.54, 1.807) is 25.3 Å². The molecular formula is C22H25ClN4O3S. The first-order valence-electron chi connectivity index (χ1n) is 9.79. The third-order valence-electron chi connectivity index (χ3n) is 4.44. The molecular weight excluding hydrogens is 436 g/mol. The molecule has 0 saturated carbocycles. The summed E-state index contributed by atoms with van der Waals surface area (Å²) in [5.74, 6) is 2.04. The van der Waals surface area contributed by atoms with Crippen LogP contribution in [0.15, 0.2) is 41.6 Å². The quantitative estimate of drug-likeness (QED) is 0.458. The fourth-order valence-electron chi connectivity index (χ4n) is 3.11. The summed E-state index contributed by atoms with van der Waals surface area (Å²) in [6.45, 7) is 7.05. The molecule has 0 fully saturated rings. The Kier molecular flexibility index (Phi) is 7.81. The van der Waals surface area contributed by atoms with Crippen molar-refractivity contribution in [3.63, 3.8) is 0 Å². The van der Waals surface area contributed by atoms with Crippen molar-refractivity contribution in [1.29, 1.82) is 0 Å². The van der Waals surface area contributed by atoms with Crippen molar-refractivity contribution in [2.45, 2.75) is 39.1 Å². The lowest BCUT2D eigenvalue weighted by atomic mass is 10.1. The second-order valence-electron chi connectivity index (χ2n) is 6.94. The molecule has 0 atom stereocenters. The summed E-state index contributed by atoms with van der Waals surface area (Å²) in [4.78, 5) is 12.4. The van der Waals surface area contributed by atoms with E-state index in [9.17, 15) is 4.79 Å². The van der Waals surface area contributed by atoms with Crippen LogP contribution in [0.25, 0.3) is 0 Å². The van der Waals surface area contributed by atoms with Gasteiger partial charge in [0.15, 0.2) is 11.0 Å². The van der Waals surface area contributed by atoms with Crippen LogP contribution in [0.2, 0.25) is 5.02 Å². The summed E-state index contributed by atoms with van der Waals surface area (Å²) in [7, 11) is 1.54. The third-order valence-corrected chi connectivity index (χ3v) is 5.64. The van der Waals surface area contributed by atoms with Gasteiger partial charge in [-0.3, -0.25) is 4.79 Å². The molecule has 7 nitrogen and oxygen atoms in total. The summed E-state index contributed by atoms with van der Waals surface area (Å²) < 4.78 is 13.1. The summed E-state index contributed by atoms with van der Waals surface area (Å²) in [6.07, 6.45) is 0. The number of nitrogens with zero attached hydrogens (tertiary/aromatic N) is 3. The summed E-state index contributed by atoms with van der Waals surface area (Å²) >= 11 is 7.33. The Labute approximate surface area is 191 Å². The Morgan fingerprint density at radius 3 is 2.58 bits per heavy atom. The van der Waals surface area contributed by atoms with E-state index in [4.69, 9.17) is 21.1 Å². The molecule has 0 spiro atoms. The standard InChI is InChI=1S/C22H25ClN4O3S/c1-5-27-20(12-30-17-9-14(2)8-15(3)10-17)25-26-22(27)31-13-21(28)24-18-11-16(23)6-7-19(18)29-4/h6-11H,5,12-13H2,1-4H3,(H,24,28). The SMILES string of the molecule is CCn1c(COc2cc(C)cc(C)c2)nnc1SCC(=O)Nc1cc(Cl)ccc1OC. The zero-order chi connectivity index (χ0) is 22.4. The molecule has 0 aliphatic carbocycles. The predicted molar refractivity (Wildman–Crippen MR) is 123 cm³/mol. The fraction of sp³-hybridized carbons (Fsp3) is 0.318. The number of nitrogens with one attached hydrogen (secondary N) is 1. The van der Waals surface area contributed by atoms with Crippen molar-refractivity contribution >= 4 is 35.0 Å². The Morgan fingerprint density at radius 2 is 1.90 bits per heavy atom. The van der Waals surface area contributed by atoms with E-state index in [1.165, 1.54) is 11.8 Å². The summed E-state index contributed by atoms with van der Waals surface area (Å²) in [5, 5.41) is 12.5. The molecule has 1 aromatic heterocycles. The van der Waals surface area contributed by atoms with Gasteiger partial charge in [-0.05, 0) is 62.2 Å². The number of hydrogen-bond acceptors (Lipinski definition) is 6. The lowest BCUT2D eigenvalue weighted by molar-refractivity contribution is -0.113. The maximum Gasteiger partial charge on any atom is 0.234 e. The van der Waals surface area contributed by atoms with Crippen molar-refractivity contribution in [3.05, 3.63) is 58.4 Å². The number of hydrogen-bond donors (Lipinski definition) is 1. The Bertz CT molecular complexity index is 1050. The Hall–Kier alpha value is -2.71. The van der Waals surface area contributed by atoms with Crippen molar-refractivity contribution < 1.29 is 14.3 Å². The minimum absolute atomic E-state index is 0.172. The molecule has 0 saturated heterocycles. The number of anilines is 1. The summed E-state index contributed by atoms with van der Waals surface area (Å²) in [6, 6.07) is 11.1. The van der Waals surface area contributed by atoms with Crippen molar-refractivity contribution in [2.75, 3.05) is 18.2 Å². The molecule has 164 valence electrons. The van der Waals surface area contributed by atoms with Crippen LogP contribution < -0.4 is 14.8 Å². The van der Waals surface area contributed by atoms with Crippen LogP contribution in [-0.2, 0) is 17.9 Å². The Morgan fingerprint density at radius 1 is 1.16 bits per heavy atom. The van der Waals surface area contributed by atoms with Gasteiger partial charge >= 0.3 is 0 Å². The molecule has 0 bridgehead atoms. The molecule has 1 amide bonds. The molecule has 1 heterocycles. The minimum atomic E-state index is -0.191. The number of halogens is 1. The molecule has 3 rings (SSSR count). The highest BCUT2D eigenvalue weighted by molar-refractivity contribution is 7.99. The molecule has 0 radical (unpaired) electrons. The molecule has 31 heavy (non-hydrogen) atoms. The number of methoxy groups -OCH3 is 1. The highest BCUT2D eigenvalue weighted by Crippen LogP contribution is 2.28. The molecule has 2 aromatic carbocycles. The van der Waals surface area contributed by atoms with Gasteiger partial charge in [0, 0.05) is 11.6 Å². The van der Waals surface area contributed by atoms with Crippen LogP contribution in [0, 0.1) is 13.8 Å². The van der Waals surface area contributed by atoms with Gasteiger partial charge in [-0.15, -0.1) is 10.2 Å². The van der Waals surface area contributed by atoms with Crippen LogP contribution >= 0.6 is 23.4 Å². The monoisotopic (exact) mass is 460 g/mol. The molecule has 0 aliphatic heterocycles. The Balaban J connectivity index is 1.61. The van der Waals surface area contributed by atoms with E-state index in [2.05, 4.69) is 21.6 Å². The van der Waals surface area contributed by atoms with E-state index < -0.39 is 0 Å². The number of aromatic nitrogens is 3. The van der Waals surface area contributed by atoms with Crippen LogP contribution in [0.4, 0.5) is 5.69 Å². The topological polar surface area (TPSA) is 78.3 Å². The average molecular weight is 461 g/mol. The number of aryl methyl sites for hydroxylation is 2. The van der Waals surface area contributed by atoms with Gasteiger partial charge < -0.3 is 19.4 Å². The summed E-state index contributed by atoms with van der Waals surface area (Å²) in [5.41, 5.74) is 2.82. The minimum Gasteiger partial charge on any atom is -0.495 e. The van der Waals surface area contributed by atoms with Gasteiger partial charge in [-0.25, -0.2) is 0 Å². The van der Waals surface area contributed by atoms with Gasteiger partial charge in [0.1, 0.15) is 18.1 Å². The number of carbonyl (C=O) groups is 1. The third kappa shape index (κ3) is 6.15. The zero-order valence-corrected chi connectivity index (χ0v) is 19.5. The largest absolute Gasteiger partial charge is 0.495 e. The number of benzene rings is 2. The first kappa shape index (κ1) is 23.0. The van der Waals surface area contributed by atoms with E-state index in [1.807, 2.05) is 37.5 Å². The number of thioether (sulfide) groups is 1.